The van der Waals surface area contributed by atoms with Gasteiger partial charge in [-0.1, -0.05) is 30.3 Å². The molecule has 0 aliphatic rings. The minimum absolute atomic E-state index is 0.931. The Morgan fingerprint density at radius 3 is 2.67 bits per heavy atom. The molecule has 0 aliphatic heterocycles. The Morgan fingerprint density at radius 1 is 1.05 bits per heavy atom. The SMILES string of the molecule is Cc1nc2cc3ncc(-c4ccccc4)[nH]c3cc2[n+]1C. The summed E-state index contributed by atoms with van der Waals surface area (Å²) in [5, 5.41) is 0. The van der Waals surface area contributed by atoms with E-state index in [-0.39, 0.29) is 0 Å². The molecule has 4 heteroatoms. The van der Waals surface area contributed by atoms with Gasteiger partial charge in [0.2, 0.25) is 5.52 Å². The Bertz CT molecular complexity index is 955. The van der Waals surface area contributed by atoms with Crippen molar-refractivity contribution in [2.24, 2.45) is 7.05 Å². The van der Waals surface area contributed by atoms with E-state index in [1.807, 2.05) is 44.4 Å². The minimum Gasteiger partial charge on any atom is -0.352 e. The summed E-state index contributed by atoms with van der Waals surface area (Å²) in [6.07, 6.45) is 1.87. The Morgan fingerprint density at radius 2 is 1.86 bits per heavy atom. The van der Waals surface area contributed by atoms with Crippen molar-refractivity contribution in [2.45, 2.75) is 6.92 Å². The van der Waals surface area contributed by atoms with Crippen LogP contribution in [-0.4, -0.2) is 15.0 Å². The summed E-state index contributed by atoms with van der Waals surface area (Å²) in [6, 6.07) is 14.4. The zero-order valence-electron chi connectivity index (χ0n) is 12.0. The first-order valence-corrected chi connectivity index (χ1v) is 6.93. The van der Waals surface area contributed by atoms with Crippen LogP contribution in [0.3, 0.4) is 0 Å². The van der Waals surface area contributed by atoms with Crippen LogP contribution in [0.2, 0.25) is 0 Å². The molecule has 0 amide bonds. The number of aryl methyl sites for hydroxylation is 2. The number of fused-ring (bicyclic) bond motifs is 2. The van der Waals surface area contributed by atoms with Gasteiger partial charge in [0.15, 0.2) is 5.52 Å². The van der Waals surface area contributed by atoms with E-state index in [4.69, 9.17) is 0 Å². The monoisotopic (exact) mass is 275 g/mol. The number of aromatic amines is 1. The number of H-pyrrole nitrogens is 1. The fourth-order valence-electron chi connectivity index (χ4n) is 2.63. The summed E-state index contributed by atoms with van der Waals surface area (Å²) in [6.45, 7) is 2.01. The maximum absolute atomic E-state index is 4.57. The van der Waals surface area contributed by atoms with Gasteiger partial charge in [0.25, 0.3) is 5.82 Å². The van der Waals surface area contributed by atoms with Crippen LogP contribution < -0.4 is 4.57 Å². The number of hydrogen-bond donors (Lipinski definition) is 1. The fourth-order valence-corrected chi connectivity index (χ4v) is 2.63. The van der Waals surface area contributed by atoms with Gasteiger partial charge in [0.1, 0.15) is 0 Å². The molecule has 2 aromatic carbocycles. The van der Waals surface area contributed by atoms with E-state index >= 15 is 0 Å². The lowest BCUT2D eigenvalue weighted by Gasteiger charge is -2.04. The summed E-state index contributed by atoms with van der Waals surface area (Å²) in [5.41, 5.74) is 6.20. The van der Waals surface area contributed by atoms with Gasteiger partial charge in [-0.05, 0) is 10.5 Å². The van der Waals surface area contributed by atoms with E-state index in [0.29, 0.717) is 0 Å². The van der Waals surface area contributed by atoms with Crippen molar-refractivity contribution in [2.75, 3.05) is 0 Å². The molecule has 0 spiro atoms. The molecule has 0 fully saturated rings. The highest BCUT2D eigenvalue weighted by atomic mass is 15.1. The number of rotatable bonds is 1. The normalized spacial score (nSPS) is 11.3. The lowest BCUT2D eigenvalue weighted by molar-refractivity contribution is -0.651. The van der Waals surface area contributed by atoms with Crippen LogP contribution >= 0.6 is 0 Å². The molecule has 2 heterocycles. The van der Waals surface area contributed by atoms with Crippen molar-refractivity contribution in [3.05, 3.63) is 54.5 Å². The van der Waals surface area contributed by atoms with Gasteiger partial charge in [-0.15, -0.1) is 0 Å². The smallest absolute Gasteiger partial charge is 0.296 e. The summed E-state index contributed by atoms with van der Waals surface area (Å²) in [4.78, 5) is 12.6. The van der Waals surface area contributed by atoms with E-state index < -0.39 is 0 Å². The largest absolute Gasteiger partial charge is 0.352 e. The van der Waals surface area contributed by atoms with Gasteiger partial charge in [-0.3, -0.25) is 4.98 Å². The first kappa shape index (κ1) is 12.0. The molecule has 21 heavy (non-hydrogen) atoms. The molecule has 0 saturated heterocycles. The molecule has 0 saturated carbocycles. The van der Waals surface area contributed by atoms with Crippen LogP contribution in [0.15, 0.2) is 48.7 Å². The summed E-state index contributed by atoms with van der Waals surface area (Å²) in [7, 11) is 2.03. The second-order valence-corrected chi connectivity index (χ2v) is 5.24. The molecular formula is C17H15N4+. The predicted octanol–water partition coefficient (Wildman–Crippen LogP) is 2.91. The Balaban J connectivity index is 1.98. The second-order valence-electron chi connectivity index (χ2n) is 5.24. The van der Waals surface area contributed by atoms with Gasteiger partial charge in [-0.2, -0.15) is 0 Å². The van der Waals surface area contributed by atoms with Gasteiger partial charge in [-0.25, -0.2) is 4.57 Å². The third kappa shape index (κ3) is 1.88. The molecule has 1 N–H and O–H groups in total. The summed E-state index contributed by atoms with van der Waals surface area (Å²) in [5.74, 6) is 1.00. The summed E-state index contributed by atoms with van der Waals surface area (Å²) < 4.78 is 2.10. The van der Waals surface area contributed by atoms with Gasteiger partial charge >= 0.3 is 0 Å². The molecule has 4 rings (SSSR count). The molecule has 102 valence electrons. The predicted molar refractivity (Wildman–Crippen MR) is 82.7 cm³/mol. The van der Waals surface area contributed by atoms with Crippen molar-refractivity contribution in [3.8, 4) is 11.3 Å². The Kier molecular flexibility index (Phi) is 2.51. The zero-order valence-corrected chi connectivity index (χ0v) is 12.0. The third-order valence-corrected chi connectivity index (χ3v) is 3.91. The van der Waals surface area contributed by atoms with Crippen LogP contribution in [0, 0.1) is 6.92 Å². The van der Waals surface area contributed by atoms with Crippen LogP contribution in [-0.2, 0) is 7.05 Å². The third-order valence-electron chi connectivity index (χ3n) is 3.91. The van der Waals surface area contributed by atoms with E-state index in [1.165, 1.54) is 0 Å². The highest BCUT2D eigenvalue weighted by Gasteiger charge is 2.16. The van der Waals surface area contributed by atoms with Crippen LogP contribution in [0.5, 0.6) is 0 Å². The maximum Gasteiger partial charge on any atom is 0.296 e. The molecule has 4 aromatic rings. The van der Waals surface area contributed by atoms with E-state index in [2.05, 4.69) is 37.7 Å². The molecular weight excluding hydrogens is 260 g/mol. The molecule has 2 aromatic heterocycles. The van der Waals surface area contributed by atoms with Crippen LogP contribution in [0.1, 0.15) is 5.82 Å². The summed E-state index contributed by atoms with van der Waals surface area (Å²) >= 11 is 0. The zero-order chi connectivity index (χ0) is 14.4. The number of nitrogens with one attached hydrogen (secondary N) is 1. The number of nitrogens with zero attached hydrogens (tertiary/aromatic N) is 3. The van der Waals surface area contributed by atoms with Crippen LogP contribution in [0.4, 0.5) is 0 Å². The average Bonchev–Trinajstić information content (AvgIpc) is 2.80. The second kappa shape index (κ2) is 4.38. The van der Waals surface area contributed by atoms with Gasteiger partial charge < -0.3 is 4.98 Å². The van der Waals surface area contributed by atoms with Crippen molar-refractivity contribution >= 4 is 22.1 Å². The van der Waals surface area contributed by atoms with Crippen LogP contribution in [0.25, 0.3) is 33.3 Å². The topological polar surface area (TPSA) is 45.5 Å². The van der Waals surface area contributed by atoms with Crippen molar-refractivity contribution in [3.63, 3.8) is 0 Å². The quantitative estimate of drug-likeness (QED) is 0.543. The fraction of sp³-hybridized carbons (Fsp3) is 0.118. The number of aromatic nitrogens is 4. The lowest BCUT2D eigenvalue weighted by Crippen LogP contribution is -2.29. The van der Waals surface area contributed by atoms with E-state index in [9.17, 15) is 0 Å². The van der Waals surface area contributed by atoms with Crippen molar-refractivity contribution in [1.29, 1.82) is 0 Å². The highest BCUT2D eigenvalue weighted by molar-refractivity contribution is 5.90. The first-order valence-electron chi connectivity index (χ1n) is 6.93. The Labute approximate surface area is 122 Å². The number of benzene rings is 2. The molecule has 0 aliphatic carbocycles. The number of hydrogen-bond acceptors (Lipinski definition) is 2. The van der Waals surface area contributed by atoms with E-state index in [0.717, 1.165) is 39.1 Å². The molecule has 0 radical (unpaired) electrons. The van der Waals surface area contributed by atoms with Gasteiger partial charge in [0, 0.05) is 19.1 Å². The maximum atomic E-state index is 4.57. The Hall–Kier alpha value is -2.75. The minimum atomic E-state index is 0.931. The average molecular weight is 275 g/mol. The lowest BCUT2D eigenvalue weighted by atomic mass is 10.1. The number of imidazole rings is 1. The standard InChI is InChI=1S/C17H14N4/c1-11-19-15-8-13-14(9-17(15)21(11)2)20-16(10-18-13)12-6-4-3-5-7-12/h3-10H,1-2H3/p+1. The van der Waals surface area contributed by atoms with Crippen molar-refractivity contribution < 1.29 is 4.57 Å². The molecule has 0 bridgehead atoms. The highest BCUT2D eigenvalue weighted by Crippen LogP contribution is 2.21. The molecule has 0 unspecified atom stereocenters. The van der Waals surface area contributed by atoms with Crippen molar-refractivity contribution in [1.82, 2.24) is 15.0 Å². The molecule has 4 nitrogen and oxygen atoms in total. The van der Waals surface area contributed by atoms with Gasteiger partial charge in [0.05, 0.1) is 30.0 Å². The molecule has 0 atom stereocenters. The van der Waals surface area contributed by atoms with E-state index in [1.54, 1.807) is 0 Å². The first-order chi connectivity index (χ1) is 10.2.